The Bertz CT molecular complexity index is 469. The molecule has 1 aromatic carbocycles. The van der Waals surface area contributed by atoms with Gasteiger partial charge in [0.2, 0.25) is 5.92 Å². The normalized spacial score (nSPS) is 23.1. The maximum absolute atomic E-state index is 13.8. The molecule has 1 fully saturated rings. The zero-order valence-electron chi connectivity index (χ0n) is 10.0. The van der Waals surface area contributed by atoms with Gasteiger partial charge in [-0.05, 0) is 18.9 Å². The number of hydrogen-bond acceptors (Lipinski definition) is 2. The van der Waals surface area contributed by atoms with Crippen LogP contribution in [0.3, 0.4) is 0 Å². The Morgan fingerprint density at radius 2 is 1.74 bits per heavy atom. The van der Waals surface area contributed by atoms with E-state index in [2.05, 4.69) is 0 Å². The van der Waals surface area contributed by atoms with Crippen molar-refractivity contribution in [3.8, 4) is 0 Å². The summed E-state index contributed by atoms with van der Waals surface area (Å²) < 4.78 is 39.9. The molecule has 0 bridgehead atoms. The maximum atomic E-state index is 13.8. The Labute approximate surface area is 113 Å². The summed E-state index contributed by atoms with van der Waals surface area (Å²) >= 11 is 5.60. The molecule has 1 aliphatic rings. The SMILES string of the molecule is OC(c1cccc(Cl)c1F)C1(O)CCC(F)(F)CC1. The van der Waals surface area contributed by atoms with Crippen LogP contribution in [0.5, 0.6) is 0 Å². The minimum atomic E-state index is -2.83. The summed E-state index contributed by atoms with van der Waals surface area (Å²) in [4.78, 5) is 0. The lowest BCUT2D eigenvalue weighted by Gasteiger charge is -2.39. The van der Waals surface area contributed by atoms with Gasteiger partial charge >= 0.3 is 0 Å². The summed E-state index contributed by atoms with van der Waals surface area (Å²) in [6, 6.07) is 4.04. The van der Waals surface area contributed by atoms with Crippen LogP contribution in [-0.4, -0.2) is 21.7 Å². The van der Waals surface area contributed by atoms with E-state index in [1.54, 1.807) is 0 Å². The van der Waals surface area contributed by atoms with Gasteiger partial charge in [0, 0.05) is 18.4 Å². The van der Waals surface area contributed by atoms with Crippen LogP contribution in [0.15, 0.2) is 18.2 Å². The van der Waals surface area contributed by atoms with Gasteiger partial charge in [0.25, 0.3) is 0 Å². The predicted octanol–water partition coefficient (Wildman–Crippen LogP) is 3.45. The van der Waals surface area contributed by atoms with Gasteiger partial charge in [0.15, 0.2) is 0 Å². The summed E-state index contributed by atoms with van der Waals surface area (Å²) in [6.45, 7) is 0. The van der Waals surface area contributed by atoms with E-state index in [-0.39, 0.29) is 23.4 Å². The molecule has 1 aliphatic carbocycles. The van der Waals surface area contributed by atoms with Crippen LogP contribution in [0.1, 0.15) is 37.4 Å². The molecule has 6 heteroatoms. The summed E-state index contributed by atoms with van der Waals surface area (Å²) in [5.41, 5.74) is -1.91. The molecule has 2 rings (SSSR count). The summed E-state index contributed by atoms with van der Waals surface area (Å²) in [6.07, 6.45) is -3.19. The largest absolute Gasteiger partial charge is 0.387 e. The molecule has 2 N–H and O–H groups in total. The van der Waals surface area contributed by atoms with E-state index >= 15 is 0 Å². The molecule has 1 saturated carbocycles. The first kappa shape index (κ1) is 14.6. The number of alkyl halides is 2. The van der Waals surface area contributed by atoms with Gasteiger partial charge in [0.1, 0.15) is 11.9 Å². The monoisotopic (exact) mass is 294 g/mol. The van der Waals surface area contributed by atoms with Crippen molar-refractivity contribution >= 4 is 11.6 Å². The average molecular weight is 295 g/mol. The highest BCUT2D eigenvalue weighted by Gasteiger charge is 2.47. The van der Waals surface area contributed by atoms with Crippen LogP contribution in [0.4, 0.5) is 13.2 Å². The topological polar surface area (TPSA) is 40.5 Å². The molecule has 1 unspecified atom stereocenters. The first-order valence-electron chi connectivity index (χ1n) is 5.97. The van der Waals surface area contributed by atoms with Crippen LogP contribution in [0.2, 0.25) is 5.02 Å². The van der Waals surface area contributed by atoms with Crippen LogP contribution in [0, 0.1) is 5.82 Å². The molecule has 0 spiro atoms. The van der Waals surface area contributed by atoms with E-state index in [1.807, 2.05) is 0 Å². The van der Waals surface area contributed by atoms with E-state index in [0.717, 1.165) is 0 Å². The number of aliphatic hydroxyl groups excluding tert-OH is 1. The number of benzene rings is 1. The second-order valence-corrected chi connectivity index (χ2v) is 5.41. The zero-order valence-corrected chi connectivity index (χ0v) is 10.8. The predicted molar refractivity (Wildman–Crippen MR) is 64.7 cm³/mol. The highest BCUT2D eigenvalue weighted by atomic mass is 35.5. The van der Waals surface area contributed by atoms with Crippen molar-refractivity contribution in [1.29, 1.82) is 0 Å². The van der Waals surface area contributed by atoms with E-state index in [1.165, 1.54) is 18.2 Å². The quantitative estimate of drug-likeness (QED) is 0.877. The fraction of sp³-hybridized carbons (Fsp3) is 0.538. The van der Waals surface area contributed by atoms with Gasteiger partial charge in [-0.1, -0.05) is 23.7 Å². The van der Waals surface area contributed by atoms with Gasteiger partial charge < -0.3 is 10.2 Å². The van der Waals surface area contributed by atoms with Gasteiger partial charge in [0.05, 0.1) is 10.6 Å². The highest BCUT2D eigenvalue weighted by Crippen LogP contribution is 2.44. The minimum Gasteiger partial charge on any atom is -0.387 e. The van der Waals surface area contributed by atoms with Crippen LogP contribution in [-0.2, 0) is 0 Å². The molecule has 19 heavy (non-hydrogen) atoms. The molecule has 0 saturated heterocycles. The molecule has 1 atom stereocenters. The maximum Gasteiger partial charge on any atom is 0.248 e. The second-order valence-electron chi connectivity index (χ2n) is 5.01. The lowest BCUT2D eigenvalue weighted by molar-refractivity contribution is -0.151. The molecule has 0 aromatic heterocycles. The van der Waals surface area contributed by atoms with E-state index in [0.29, 0.717) is 0 Å². The Morgan fingerprint density at radius 3 is 2.32 bits per heavy atom. The number of halogens is 4. The molecule has 1 aromatic rings. The summed E-state index contributed by atoms with van der Waals surface area (Å²) in [7, 11) is 0. The lowest BCUT2D eigenvalue weighted by atomic mass is 9.77. The smallest absolute Gasteiger partial charge is 0.248 e. The lowest BCUT2D eigenvalue weighted by Crippen LogP contribution is -2.43. The third-order valence-corrected chi connectivity index (χ3v) is 3.92. The zero-order chi connectivity index (χ0) is 14.3. The van der Waals surface area contributed by atoms with Gasteiger partial charge in [-0.2, -0.15) is 0 Å². The molecule has 2 nitrogen and oxygen atoms in total. The number of rotatable bonds is 2. The minimum absolute atomic E-state index is 0.166. The third-order valence-electron chi connectivity index (χ3n) is 3.63. The number of hydrogen-bond donors (Lipinski definition) is 2. The average Bonchev–Trinajstić information content (AvgIpc) is 2.36. The van der Waals surface area contributed by atoms with Crippen LogP contribution in [0.25, 0.3) is 0 Å². The van der Waals surface area contributed by atoms with Crippen LogP contribution < -0.4 is 0 Å². The van der Waals surface area contributed by atoms with E-state index in [9.17, 15) is 23.4 Å². The fourth-order valence-corrected chi connectivity index (χ4v) is 2.53. The standard InChI is InChI=1S/C13H14ClF3O2/c14-9-3-1-2-8(10(9)15)11(18)12(19)4-6-13(16,17)7-5-12/h1-3,11,18-19H,4-7H2. The Balaban J connectivity index is 2.24. The van der Waals surface area contributed by atoms with Crippen molar-refractivity contribution in [2.24, 2.45) is 0 Å². The molecule has 0 aliphatic heterocycles. The van der Waals surface area contributed by atoms with Gasteiger partial charge in [-0.25, -0.2) is 13.2 Å². The Kier molecular flexibility index (Phi) is 3.82. The molecule has 0 amide bonds. The molecule has 106 valence electrons. The van der Waals surface area contributed by atoms with Crippen molar-refractivity contribution in [1.82, 2.24) is 0 Å². The molecule has 0 heterocycles. The van der Waals surface area contributed by atoms with Gasteiger partial charge in [-0.3, -0.25) is 0 Å². The van der Waals surface area contributed by atoms with Crippen LogP contribution >= 0.6 is 11.6 Å². The first-order valence-corrected chi connectivity index (χ1v) is 6.35. The third kappa shape index (κ3) is 2.88. The number of aliphatic hydroxyl groups is 2. The van der Waals surface area contributed by atoms with Gasteiger partial charge in [-0.15, -0.1) is 0 Å². The molecular weight excluding hydrogens is 281 g/mol. The van der Waals surface area contributed by atoms with E-state index in [4.69, 9.17) is 11.6 Å². The van der Waals surface area contributed by atoms with Crippen molar-refractivity contribution in [2.75, 3.05) is 0 Å². The highest BCUT2D eigenvalue weighted by molar-refractivity contribution is 6.30. The van der Waals surface area contributed by atoms with Crippen molar-refractivity contribution in [3.05, 3.63) is 34.6 Å². The van der Waals surface area contributed by atoms with Crippen molar-refractivity contribution in [3.63, 3.8) is 0 Å². The fourth-order valence-electron chi connectivity index (χ4n) is 2.34. The first-order chi connectivity index (χ1) is 8.75. The van der Waals surface area contributed by atoms with Crippen molar-refractivity contribution < 1.29 is 23.4 Å². The summed E-state index contributed by atoms with van der Waals surface area (Å²) in [5, 5.41) is 20.2. The molecule has 0 radical (unpaired) electrons. The second kappa shape index (κ2) is 4.96. The van der Waals surface area contributed by atoms with Crippen molar-refractivity contribution in [2.45, 2.75) is 43.3 Å². The summed E-state index contributed by atoms with van der Waals surface area (Å²) in [5.74, 6) is -3.67. The van der Waals surface area contributed by atoms with E-state index < -0.39 is 36.3 Å². The Morgan fingerprint density at radius 1 is 1.16 bits per heavy atom. The Hall–Kier alpha value is -0.780. The molecular formula is C13H14ClF3O2.